The van der Waals surface area contributed by atoms with E-state index in [4.69, 9.17) is 0 Å². The average Bonchev–Trinajstić information content (AvgIpc) is 2.81. The smallest absolute Gasteiger partial charge is 0.258 e. The summed E-state index contributed by atoms with van der Waals surface area (Å²) >= 11 is 0. The molecule has 0 saturated carbocycles. The molecule has 0 aliphatic heterocycles. The van der Waals surface area contributed by atoms with E-state index < -0.39 is 0 Å². The van der Waals surface area contributed by atoms with Crippen LogP contribution in [-0.4, -0.2) is 14.5 Å². The number of H-pyrrole nitrogens is 1. The van der Waals surface area contributed by atoms with Gasteiger partial charge in [0, 0.05) is 41.1 Å². The van der Waals surface area contributed by atoms with Gasteiger partial charge in [-0.15, -0.1) is 0 Å². The summed E-state index contributed by atoms with van der Waals surface area (Å²) in [5.41, 5.74) is 2.93. The first kappa shape index (κ1) is 12.4. The van der Waals surface area contributed by atoms with Crippen LogP contribution >= 0.6 is 0 Å². The Balaban J connectivity index is 0.00000121. The van der Waals surface area contributed by atoms with Crippen molar-refractivity contribution in [2.75, 3.05) is 0 Å². The Hall–Kier alpha value is -2.62. The van der Waals surface area contributed by atoms with Crippen molar-refractivity contribution in [2.45, 2.75) is 7.43 Å². The minimum atomic E-state index is 0. The molecule has 0 saturated heterocycles. The molecular formula is C16H15N3O. The van der Waals surface area contributed by atoms with Crippen LogP contribution in [0.15, 0.2) is 47.5 Å². The molecule has 0 unspecified atom stereocenters. The summed E-state index contributed by atoms with van der Waals surface area (Å²) in [4.78, 5) is 19.9. The van der Waals surface area contributed by atoms with E-state index in [1.807, 2.05) is 30.3 Å². The predicted molar refractivity (Wildman–Crippen MR) is 83.1 cm³/mol. The van der Waals surface area contributed by atoms with Gasteiger partial charge in [-0.2, -0.15) is 0 Å². The largest absolute Gasteiger partial charge is 0.353 e. The van der Waals surface area contributed by atoms with E-state index in [2.05, 4.69) is 9.97 Å². The SMILES string of the molecule is C.Cn1ccc2c(ccc3[nH]c4cccnc4c32)c1=O. The van der Waals surface area contributed by atoms with E-state index >= 15 is 0 Å². The Morgan fingerprint density at radius 3 is 2.80 bits per heavy atom. The Morgan fingerprint density at radius 1 is 1.10 bits per heavy atom. The second-order valence-electron chi connectivity index (χ2n) is 4.71. The molecule has 0 atom stereocenters. The zero-order chi connectivity index (χ0) is 13.0. The highest BCUT2D eigenvalue weighted by atomic mass is 16.1. The van der Waals surface area contributed by atoms with Crippen LogP contribution in [0.3, 0.4) is 0 Å². The summed E-state index contributed by atoms with van der Waals surface area (Å²) in [5, 5.41) is 2.69. The topological polar surface area (TPSA) is 50.7 Å². The van der Waals surface area contributed by atoms with Crippen LogP contribution in [0.5, 0.6) is 0 Å². The molecule has 100 valence electrons. The van der Waals surface area contributed by atoms with Gasteiger partial charge in [0.1, 0.15) is 0 Å². The van der Waals surface area contributed by atoms with E-state index in [9.17, 15) is 4.79 Å². The van der Waals surface area contributed by atoms with Gasteiger partial charge in [0.15, 0.2) is 0 Å². The van der Waals surface area contributed by atoms with Crippen molar-refractivity contribution in [3.8, 4) is 0 Å². The van der Waals surface area contributed by atoms with Gasteiger partial charge >= 0.3 is 0 Å². The lowest BCUT2D eigenvalue weighted by atomic mass is 10.1. The molecule has 4 aromatic rings. The van der Waals surface area contributed by atoms with Gasteiger partial charge in [0.05, 0.1) is 11.0 Å². The van der Waals surface area contributed by atoms with Crippen molar-refractivity contribution in [1.29, 1.82) is 0 Å². The first-order valence-corrected chi connectivity index (χ1v) is 6.10. The summed E-state index contributed by atoms with van der Waals surface area (Å²) in [6.07, 6.45) is 3.57. The second-order valence-corrected chi connectivity index (χ2v) is 4.71. The molecule has 20 heavy (non-hydrogen) atoms. The maximum Gasteiger partial charge on any atom is 0.258 e. The zero-order valence-corrected chi connectivity index (χ0v) is 10.3. The fourth-order valence-corrected chi connectivity index (χ4v) is 2.63. The Kier molecular flexibility index (Phi) is 2.61. The number of aromatic nitrogens is 3. The molecule has 0 fully saturated rings. The average molecular weight is 265 g/mol. The normalized spacial score (nSPS) is 11.1. The van der Waals surface area contributed by atoms with Gasteiger partial charge in [-0.3, -0.25) is 9.78 Å². The molecule has 4 nitrogen and oxygen atoms in total. The molecular weight excluding hydrogens is 250 g/mol. The minimum absolute atomic E-state index is 0. The summed E-state index contributed by atoms with van der Waals surface area (Å²) in [6, 6.07) is 9.69. The number of hydrogen-bond donors (Lipinski definition) is 1. The van der Waals surface area contributed by atoms with Crippen molar-refractivity contribution < 1.29 is 0 Å². The fourth-order valence-electron chi connectivity index (χ4n) is 2.63. The molecule has 0 aliphatic carbocycles. The van der Waals surface area contributed by atoms with Gasteiger partial charge in [-0.1, -0.05) is 7.43 Å². The van der Waals surface area contributed by atoms with Crippen LogP contribution < -0.4 is 5.56 Å². The van der Waals surface area contributed by atoms with E-state index in [1.54, 1.807) is 24.0 Å². The van der Waals surface area contributed by atoms with Crippen molar-refractivity contribution >= 4 is 32.7 Å². The number of hydrogen-bond acceptors (Lipinski definition) is 2. The first-order chi connectivity index (χ1) is 9.25. The number of rotatable bonds is 0. The van der Waals surface area contributed by atoms with Crippen molar-refractivity contribution in [3.05, 3.63) is 53.1 Å². The number of aryl methyl sites for hydroxylation is 1. The third kappa shape index (κ3) is 1.48. The van der Waals surface area contributed by atoms with E-state index in [-0.39, 0.29) is 13.0 Å². The van der Waals surface area contributed by atoms with Crippen molar-refractivity contribution in [3.63, 3.8) is 0 Å². The number of nitrogens with one attached hydrogen (secondary N) is 1. The fraction of sp³-hybridized carbons (Fsp3) is 0.125. The van der Waals surface area contributed by atoms with Gasteiger partial charge in [-0.25, -0.2) is 0 Å². The molecule has 1 aromatic carbocycles. The summed E-state index contributed by atoms with van der Waals surface area (Å²) in [6.45, 7) is 0. The van der Waals surface area contributed by atoms with E-state index in [0.717, 1.165) is 32.7 Å². The molecule has 3 aromatic heterocycles. The van der Waals surface area contributed by atoms with Gasteiger partial charge in [0.2, 0.25) is 0 Å². The monoisotopic (exact) mass is 265 g/mol. The zero-order valence-electron chi connectivity index (χ0n) is 10.3. The Morgan fingerprint density at radius 2 is 1.95 bits per heavy atom. The van der Waals surface area contributed by atoms with Crippen LogP contribution in [0, 0.1) is 0 Å². The molecule has 0 radical (unpaired) electrons. The highest BCUT2D eigenvalue weighted by Gasteiger charge is 2.10. The second kappa shape index (κ2) is 4.20. The Bertz CT molecular complexity index is 995. The van der Waals surface area contributed by atoms with Crippen LogP contribution in [0.2, 0.25) is 0 Å². The molecule has 4 rings (SSSR count). The molecule has 4 heteroatoms. The number of fused-ring (bicyclic) bond motifs is 5. The van der Waals surface area contributed by atoms with Crippen molar-refractivity contribution in [2.24, 2.45) is 7.05 Å². The van der Waals surface area contributed by atoms with E-state index in [1.165, 1.54) is 0 Å². The summed E-state index contributed by atoms with van der Waals surface area (Å²) in [7, 11) is 1.76. The van der Waals surface area contributed by atoms with Crippen LogP contribution in [0.4, 0.5) is 0 Å². The highest BCUT2D eigenvalue weighted by Crippen LogP contribution is 2.29. The highest BCUT2D eigenvalue weighted by molar-refractivity contribution is 6.18. The number of aromatic amines is 1. The molecule has 0 amide bonds. The van der Waals surface area contributed by atoms with Gasteiger partial charge < -0.3 is 9.55 Å². The number of pyridine rings is 2. The molecule has 3 heterocycles. The minimum Gasteiger partial charge on any atom is -0.353 e. The molecule has 0 aliphatic rings. The van der Waals surface area contributed by atoms with E-state index in [0.29, 0.717) is 0 Å². The first-order valence-electron chi connectivity index (χ1n) is 6.10. The lowest BCUT2D eigenvalue weighted by Crippen LogP contribution is -2.15. The summed E-state index contributed by atoms with van der Waals surface area (Å²) in [5.74, 6) is 0. The third-order valence-corrected chi connectivity index (χ3v) is 3.57. The molecule has 1 N–H and O–H groups in total. The quantitative estimate of drug-likeness (QED) is 0.531. The van der Waals surface area contributed by atoms with Crippen LogP contribution in [0.25, 0.3) is 32.7 Å². The van der Waals surface area contributed by atoms with Crippen molar-refractivity contribution in [1.82, 2.24) is 14.5 Å². The number of nitrogens with zero attached hydrogens (tertiary/aromatic N) is 2. The maximum atomic E-state index is 12.2. The van der Waals surface area contributed by atoms with Crippen LogP contribution in [-0.2, 0) is 7.05 Å². The maximum absolute atomic E-state index is 12.2. The predicted octanol–water partition coefficient (Wildman–Crippen LogP) is 3.20. The molecule has 0 spiro atoms. The number of benzene rings is 1. The standard InChI is InChI=1S/C15H11N3O.CH4/c1-18-8-6-9-10(15(18)19)4-5-11-13(9)14-12(17-11)3-2-7-16-14;/h2-8,17H,1H3;1H4. The van der Waals surface area contributed by atoms with Crippen LogP contribution in [0.1, 0.15) is 7.43 Å². The molecule has 0 bridgehead atoms. The third-order valence-electron chi connectivity index (χ3n) is 3.57. The lowest BCUT2D eigenvalue weighted by Gasteiger charge is -2.02. The van der Waals surface area contributed by atoms with Gasteiger partial charge in [0.25, 0.3) is 5.56 Å². The summed E-state index contributed by atoms with van der Waals surface area (Å²) < 4.78 is 1.59. The lowest BCUT2D eigenvalue weighted by molar-refractivity contribution is 0.873. The Labute approximate surface area is 115 Å². The van der Waals surface area contributed by atoms with Gasteiger partial charge in [-0.05, 0) is 30.3 Å².